The SMILES string of the molecule is O=C(CSc1nnc(C2CCCCC2)o1)NCCNc1ccc([N+](=O)[O-])cc1. The van der Waals surface area contributed by atoms with Gasteiger partial charge in [0.25, 0.3) is 10.9 Å². The van der Waals surface area contributed by atoms with Gasteiger partial charge in [-0.2, -0.15) is 0 Å². The van der Waals surface area contributed by atoms with Gasteiger partial charge in [0.1, 0.15) is 0 Å². The maximum Gasteiger partial charge on any atom is 0.277 e. The Hall–Kier alpha value is -2.62. The Morgan fingerprint density at radius 1 is 1.18 bits per heavy atom. The van der Waals surface area contributed by atoms with Crippen LogP contribution in [0.2, 0.25) is 0 Å². The van der Waals surface area contributed by atoms with Crippen molar-refractivity contribution in [3.8, 4) is 0 Å². The number of nitro benzene ring substituents is 1. The normalized spacial score (nSPS) is 14.6. The summed E-state index contributed by atoms with van der Waals surface area (Å²) in [5.41, 5.74) is 0.805. The van der Waals surface area contributed by atoms with Crippen LogP contribution in [0.5, 0.6) is 0 Å². The number of non-ortho nitro benzene ring substituents is 1. The number of amides is 1. The smallest absolute Gasteiger partial charge is 0.277 e. The van der Waals surface area contributed by atoms with Gasteiger partial charge in [0.2, 0.25) is 11.8 Å². The predicted octanol–water partition coefficient (Wildman–Crippen LogP) is 3.35. The number of hydrogen-bond acceptors (Lipinski definition) is 8. The van der Waals surface area contributed by atoms with Crippen LogP contribution in [0, 0.1) is 10.1 Å². The van der Waals surface area contributed by atoms with Crippen LogP contribution in [-0.2, 0) is 4.79 Å². The molecule has 1 aromatic carbocycles. The Kier molecular flexibility index (Phi) is 7.24. The highest BCUT2D eigenvalue weighted by molar-refractivity contribution is 7.99. The van der Waals surface area contributed by atoms with Crippen molar-refractivity contribution in [3.63, 3.8) is 0 Å². The first-order valence-corrected chi connectivity index (χ1v) is 10.3. The van der Waals surface area contributed by atoms with Gasteiger partial charge in [-0.3, -0.25) is 14.9 Å². The van der Waals surface area contributed by atoms with Gasteiger partial charge in [-0.15, -0.1) is 10.2 Å². The molecule has 0 radical (unpaired) electrons. The van der Waals surface area contributed by atoms with Gasteiger partial charge in [-0.25, -0.2) is 0 Å². The zero-order valence-corrected chi connectivity index (χ0v) is 16.2. The molecule has 1 fully saturated rings. The zero-order valence-electron chi connectivity index (χ0n) is 15.4. The lowest BCUT2D eigenvalue weighted by molar-refractivity contribution is -0.384. The van der Waals surface area contributed by atoms with E-state index >= 15 is 0 Å². The number of nitro groups is 1. The highest BCUT2D eigenvalue weighted by Gasteiger charge is 2.21. The quantitative estimate of drug-likeness (QED) is 0.282. The summed E-state index contributed by atoms with van der Waals surface area (Å²) >= 11 is 1.24. The number of aromatic nitrogens is 2. The van der Waals surface area contributed by atoms with Crippen LogP contribution in [0.25, 0.3) is 0 Å². The van der Waals surface area contributed by atoms with Gasteiger partial charge in [0.05, 0.1) is 10.7 Å². The molecule has 0 saturated heterocycles. The van der Waals surface area contributed by atoms with Crippen molar-refractivity contribution in [1.29, 1.82) is 0 Å². The predicted molar refractivity (Wildman–Crippen MR) is 105 cm³/mol. The third kappa shape index (κ3) is 5.95. The van der Waals surface area contributed by atoms with E-state index in [0.29, 0.717) is 30.1 Å². The average Bonchev–Trinajstić information content (AvgIpc) is 3.20. The second-order valence-electron chi connectivity index (χ2n) is 6.61. The van der Waals surface area contributed by atoms with Crippen LogP contribution >= 0.6 is 11.8 Å². The number of nitrogens with zero attached hydrogens (tertiary/aromatic N) is 3. The van der Waals surface area contributed by atoms with Crippen molar-refractivity contribution in [2.24, 2.45) is 0 Å². The van der Waals surface area contributed by atoms with E-state index in [4.69, 9.17) is 4.42 Å². The second kappa shape index (κ2) is 10.1. The Morgan fingerprint density at radius 2 is 1.93 bits per heavy atom. The third-order valence-corrected chi connectivity index (χ3v) is 5.38. The Bertz CT molecular complexity index is 790. The van der Waals surface area contributed by atoms with E-state index in [-0.39, 0.29) is 17.3 Å². The van der Waals surface area contributed by atoms with Crippen LogP contribution in [0.4, 0.5) is 11.4 Å². The molecule has 0 unspecified atom stereocenters. The maximum atomic E-state index is 11.9. The van der Waals surface area contributed by atoms with E-state index in [1.165, 1.54) is 43.2 Å². The summed E-state index contributed by atoms with van der Waals surface area (Å²) in [4.78, 5) is 22.1. The van der Waals surface area contributed by atoms with Crippen molar-refractivity contribution in [3.05, 3.63) is 40.3 Å². The molecule has 0 aliphatic heterocycles. The van der Waals surface area contributed by atoms with E-state index in [1.54, 1.807) is 12.1 Å². The number of nitrogens with one attached hydrogen (secondary N) is 2. The fraction of sp³-hybridized carbons (Fsp3) is 0.500. The van der Waals surface area contributed by atoms with E-state index < -0.39 is 4.92 Å². The Labute approximate surface area is 166 Å². The molecular weight excluding hydrogens is 382 g/mol. The fourth-order valence-electron chi connectivity index (χ4n) is 3.08. The van der Waals surface area contributed by atoms with E-state index in [1.807, 2.05) is 0 Å². The Balaban J connectivity index is 1.32. The number of anilines is 1. The highest BCUT2D eigenvalue weighted by Crippen LogP contribution is 2.32. The lowest BCUT2D eigenvalue weighted by atomic mass is 9.89. The lowest BCUT2D eigenvalue weighted by Crippen LogP contribution is -2.30. The maximum absolute atomic E-state index is 11.9. The molecule has 1 aliphatic carbocycles. The molecule has 0 spiro atoms. The number of thioether (sulfide) groups is 1. The van der Waals surface area contributed by atoms with Crippen molar-refractivity contribution >= 4 is 29.0 Å². The van der Waals surface area contributed by atoms with Crippen molar-refractivity contribution in [2.45, 2.75) is 43.2 Å². The van der Waals surface area contributed by atoms with Gasteiger partial charge in [-0.1, -0.05) is 31.0 Å². The summed E-state index contributed by atoms with van der Waals surface area (Å²) in [6.45, 7) is 0.953. The molecule has 1 saturated carbocycles. The molecular formula is C18H23N5O4S. The molecule has 2 N–H and O–H groups in total. The molecule has 0 atom stereocenters. The van der Waals surface area contributed by atoms with Crippen LogP contribution in [0.15, 0.2) is 33.9 Å². The van der Waals surface area contributed by atoms with Crippen molar-refractivity contribution in [2.75, 3.05) is 24.2 Å². The van der Waals surface area contributed by atoms with Crippen LogP contribution in [0.1, 0.15) is 43.9 Å². The highest BCUT2D eigenvalue weighted by atomic mass is 32.2. The summed E-state index contributed by atoms with van der Waals surface area (Å²) in [5, 5.41) is 25.1. The monoisotopic (exact) mass is 405 g/mol. The molecule has 1 aromatic heterocycles. The minimum Gasteiger partial charge on any atom is -0.416 e. The van der Waals surface area contributed by atoms with Gasteiger partial charge in [0.15, 0.2) is 0 Å². The van der Waals surface area contributed by atoms with Gasteiger partial charge in [-0.05, 0) is 25.0 Å². The van der Waals surface area contributed by atoms with Crippen molar-refractivity contribution in [1.82, 2.24) is 15.5 Å². The summed E-state index contributed by atoms with van der Waals surface area (Å²) in [5.74, 6) is 1.14. The largest absolute Gasteiger partial charge is 0.416 e. The molecule has 2 aromatic rings. The molecule has 9 nitrogen and oxygen atoms in total. The number of hydrogen-bond donors (Lipinski definition) is 2. The topological polar surface area (TPSA) is 123 Å². The molecule has 150 valence electrons. The third-order valence-electron chi connectivity index (χ3n) is 4.56. The summed E-state index contributed by atoms with van der Waals surface area (Å²) in [6.07, 6.45) is 5.85. The van der Waals surface area contributed by atoms with E-state index in [0.717, 1.165) is 18.5 Å². The van der Waals surface area contributed by atoms with Crippen LogP contribution in [-0.4, -0.2) is 39.9 Å². The molecule has 1 heterocycles. The van der Waals surface area contributed by atoms with E-state index in [2.05, 4.69) is 20.8 Å². The Morgan fingerprint density at radius 3 is 2.64 bits per heavy atom. The summed E-state index contributed by atoms with van der Waals surface area (Å²) in [6, 6.07) is 6.14. The molecule has 0 bridgehead atoms. The summed E-state index contributed by atoms with van der Waals surface area (Å²) < 4.78 is 5.68. The zero-order chi connectivity index (χ0) is 19.8. The number of carbonyl (C=O) groups excluding carboxylic acids is 1. The minimum atomic E-state index is -0.441. The first kappa shape index (κ1) is 20.1. The molecule has 1 amide bonds. The molecule has 28 heavy (non-hydrogen) atoms. The van der Waals surface area contributed by atoms with Crippen LogP contribution < -0.4 is 10.6 Å². The first-order chi connectivity index (χ1) is 13.6. The fourth-order valence-corrected chi connectivity index (χ4v) is 3.68. The number of rotatable bonds is 9. The van der Waals surface area contributed by atoms with Gasteiger partial charge >= 0.3 is 0 Å². The number of carbonyl (C=O) groups is 1. The molecule has 1 aliphatic rings. The van der Waals surface area contributed by atoms with Crippen LogP contribution in [0.3, 0.4) is 0 Å². The van der Waals surface area contributed by atoms with Gasteiger partial charge < -0.3 is 15.1 Å². The van der Waals surface area contributed by atoms with Gasteiger partial charge in [0, 0.05) is 36.8 Å². The standard InChI is InChI=1S/C18H23N5O4S/c24-16(20-11-10-19-14-6-8-15(9-7-14)23(25)26)12-28-18-22-21-17(27-18)13-4-2-1-3-5-13/h6-9,13,19H,1-5,10-12H2,(H,20,24). The first-order valence-electron chi connectivity index (χ1n) is 9.33. The molecule has 10 heteroatoms. The lowest BCUT2D eigenvalue weighted by Gasteiger charge is -2.17. The second-order valence-corrected chi connectivity index (χ2v) is 7.54. The van der Waals surface area contributed by atoms with E-state index in [9.17, 15) is 14.9 Å². The summed E-state index contributed by atoms with van der Waals surface area (Å²) in [7, 11) is 0. The van der Waals surface area contributed by atoms with Crippen molar-refractivity contribution < 1.29 is 14.1 Å². The minimum absolute atomic E-state index is 0.0450. The number of benzene rings is 1. The molecule has 3 rings (SSSR count). The average molecular weight is 405 g/mol.